The second-order valence-corrected chi connectivity index (χ2v) is 7.50. The van der Waals surface area contributed by atoms with Gasteiger partial charge in [-0.25, -0.2) is 4.98 Å². The number of hydrogen-bond donors (Lipinski definition) is 1. The highest BCUT2D eigenvalue weighted by atomic mass is 16.5. The number of hydrogen-bond acceptors (Lipinski definition) is 6. The number of carbonyl (C=O) groups excluding carboxylic acids is 1. The van der Waals surface area contributed by atoms with Crippen LogP contribution in [0.3, 0.4) is 0 Å². The van der Waals surface area contributed by atoms with E-state index in [1.165, 1.54) is 6.92 Å². The molecule has 32 heavy (non-hydrogen) atoms. The molecule has 0 amide bonds. The van der Waals surface area contributed by atoms with E-state index in [0.29, 0.717) is 23.5 Å². The van der Waals surface area contributed by atoms with Crippen molar-refractivity contribution >= 4 is 16.9 Å². The molecule has 0 aliphatic carbocycles. The molecule has 0 saturated carbocycles. The minimum atomic E-state index is -1.53. The maximum Gasteiger partial charge on any atom is 0.302 e. The molecule has 0 unspecified atom stereocenters. The first-order valence-corrected chi connectivity index (χ1v) is 10.8. The van der Waals surface area contributed by atoms with Gasteiger partial charge >= 0.3 is 5.97 Å². The van der Waals surface area contributed by atoms with E-state index < -0.39 is 11.6 Å². The van der Waals surface area contributed by atoms with Gasteiger partial charge in [-0.3, -0.25) is 9.59 Å². The monoisotopic (exact) mass is 433 g/mol. The van der Waals surface area contributed by atoms with Gasteiger partial charge in [0.2, 0.25) is 0 Å². The third kappa shape index (κ3) is 4.02. The molecule has 1 aliphatic rings. The van der Waals surface area contributed by atoms with Crippen molar-refractivity contribution in [2.75, 3.05) is 0 Å². The molecule has 166 valence electrons. The van der Waals surface area contributed by atoms with Crippen LogP contribution in [-0.2, 0) is 28.3 Å². The average Bonchev–Trinajstić information content (AvgIpc) is 3.16. The van der Waals surface area contributed by atoms with Crippen LogP contribution < -0.4 is 5.56 Å². The van der Waals surface area contributed by atoms with Crippen LogP contribution in [0.1, 0.15) is 57.2 Å². The Kier molecular flexibility index (Phi) is 6.75. The van der Waals surface area contributed by atoms with Gasteiger partial charge in [-0.1, -0.05) is 39.0 Å². The van der Waals surface area contributed by atoms with Crippen molar-refractivity contribution in [2.45, 2.75) is 59.3 Å². The van der Waals surface area contributed by atoms with E-state index in [-0.39, 0.29) is 30.6 Å². The molecule has 3 aromatic rings. The molecule has 1 atom stereocenters. The van der Waals surface area contributed by atoms with Crippen LogP contribution in [-0.4, -0.2) is 20.6 Å². The molecule has 7 heteroatoms. The maximum absolute atomic E-state index is 13.4. The normalized spacial score (nSPS) is 13.2. The third-order valence-electron chi connectivity index (χ3n) is 5.65. The SMILES string of the molecule is CC.CC[C@@](O)(CC#N)c1cc2n(c(=O)c1COC(C)=O)Cc1cc3ccccc3nc1-2. The number of nitriles is 1. The van der Waals surface area contributed by atoms with Gasteiger partial charge in [0.25, 0.3) is 5.56 Å². The van der Waals surface area contributed by atoms with E-state index >= 15 is 0 Å². The van der Waals surface area contributed by atoms with Gasteiger partial charge < -0.3 is 14.4 Å². The van der Waals surface area contributed by atoms with Crippen molar-refractivity contribution in [3.05, 3.63) is 63.4 Å². The summed E-state index contributed by atoms with van der Waals surface area (Å²) in [4.78, 5) is 29.5. The number of esters is 1. The lowest BCUT2D eigenvalue weighted by Gasteiger charge is -2.27. The topological polar surface area (TPSA) is 105 Å². The van der Waals surface area contributed by atoms with Crippen LogP contribution in [0.15, 0.2) is 41.2 Å². The van der Waals surface area contributed by atoms with E-state index in [0.717, 1.165) is 16.5 Å². The molecule has 0 fully saturated rings. The highest BCUT2D eigenvalue weighted by molar-refractivity contribution is 5.84. The van der Waals surface area contributed by atoms with Crippen LogP contribution in [0.2, 0.25) is 0 Å². The standard InChI is InChI=1S/C23H21N3O4.C2H6/c1-3-23(29,8-9-24)18-11-20-21-16(10-15-6-4-5-7-19(15)25-21)12-26(20)22(28)17(18)13-30-14(2)27;1-2/h4-7,10-11,29H,3,8,12-13H2,1-2H3;1-2H3/t23-;/m1./s1. The molecular weight excluding hydrogens is 406 g/mol. The van der Waals surface area contributed by atoms with E-state index in [9.17, 15) is 20.0 Å². The van der Waals surface area contributed by atoms with Crippen molar-refractivity contribution in [1.29, 1.82) is 5.26 Å². The summed E-state index contributed by atoms with van der Waals surface area (Å²) in [5.74, 6) is -0.526. The summed E-state index contributed by atoms with van der Waals surface area (Å²) in [5.41, 5.74) is 1.60. The smallest absolute Gasteiger partial charge is 0.302 e. The fourth-order valence-electron chi connectivity index (χ4n) is 3.98. The summed E-state index contributed by atoms with van der Waals surface area (Å²) in [6.07, 6.45) is 0.0476. The van der Waals surface area contributed by atoms with Gasteiger partial charge in [0.15, 0.2) is 0 Å². The zero-order chi connectivity index (χ0) is 23.5. The summed E-state index contributed by atoms with van der Waals surface area (Å²) in [7, 11) is 0. The van der Waals surface area contributed by atoms with Gasteiger partial charge in [-0.15, -0.1) is 0 Å². The molecular formula is C25H27N3O4. The zero-order valence-corrected chi connectivity index (χ0v) is 18.8. The van der Waals surface area contributed by atoms with Crippen LogP contribution in [0.4, 0.5) is 0 Å². The van der Waals surface area contributed by atoms with E-state index in [1.54, 1.807) is 17.6 Å². The Hall–Kier alpha value is -3.50. The second-order valence-electron chi connectivity index (χ2n) is 7.50. The number of pyridine rings is 2. The molecule has 2 aromatic heterocycles. The molecule has 1 aliphatic heterocycles. The fraction of sp³-hybridized carbons (Fsp3) is 0.360. The summed E-state index contributed by atoms with van der Waals surface area (Å²) in [6, 6.07) is 13.4. The fourth-order valence-corrected chi connectivity index (χ4v) is 3.98. The van der Waals surface area contributed by atoms with Crippen molar-refractivity contribution in [1.82, 2.24) is 9.55 Å². The Labute approximate surface area is 186 Å². The summed E-state index contributed by atoms with van der Waals surface area (Å²) >= 11 is 0. The Morgan fingerprint density at radius 2 is 2.03 bits per heavy atom. The maximum atomic E-state index is 13.4. The second kappa shape index (κ2) is 9.33. The van der Waals surface area contributed by atoms with Crippen molar-refractivity contribution in [2.24, 2.45) is 0 Å². The lowest BCUT2D eigenvalue weighted by molar-refractivity contribution is -0.142. The number of ether oxygens (including phenoxy) is 1. The number of aliphatic hydroxyl groups is 1. The number of nitrogens with zero attached hydrogens (tertiary/aromatic N) is 3. The van der Waals surface area contributed by atoms with Crippen LogP contribution in [0.25, 0.3) is 22.3 Å². The highest BCUT2D eigenvalue weighted by Crippen LogP contribution is 2.37. The Morgan fingerprint density at radius 3 is 2.69 bits per heavy atom. The lowest BCUT2D eigenvalue weighted by Crippen LogP contribution is -2.33. The molecule has 7 nitrogen and oxygen atoms in total. The first-order valence-electron chi connectivity index (χ1n) is 10.8. The Bertz CT molecular complexity index is 1270. The van der Waals surface area contributed by atoms with E-state index in [1.807, 2.05) is 50.2 Å². The number of aromatic nitrogens is 2. The number of fused-ring (bicyclic) bond motifs is 4. The number of carbonyl (C=O) groups is 1. The van der Waals surface area contributed by atoms with Gasteiger partial charge in [0.05, 0.1) is 41.5 Å². The van der Waals surface area contributed by atoms with Crippen LogP contribution in [0, 0.1) is 11.3 Å². The van der Waals surface area contributed by atoms with E-state index in [4.69, 9.17) is 9.72 Å². The Balaban J connectivity index is 0.00000141. The molecule has 4 rings (SSSR count). The number of benzene rings is 1. The highest BCUT2D eigenvalue weighted by Gasteiger charge is 2.35. The third-order valence-corrected chi connectivity index (χ3v) is 5.65. The number of rotatable bonds is 5. The molecule has 3 heterocycles. The predicted octanol–water partition coefficient (Wildman–Crippen LogP) is 4.03. The molecule has 0 radical (unpaired) electrons. The number of para-hydroxylation sites is 1. The molecule has 1 aromatic carbocycles. The van der Waals surface area contributed by atoms with Gasteiger partial charge in [-0.05, 0) is 30.2 Å². The summed E-state index contributed by atoms with van der Waals surface area (Å²) in [5, 5.41) is 21.4. The average molecular weight is 434 g/mol. The van der Waals surface area contributed by atoms with Crippen molar-refractivity contribution in [3.63, 3.8) is 0 Å². The molecule has 0 saturated heterocycles. The van der Waals surface area contributed by atoms with Crippen LogP contribution >= 0.6 is 0 Å². The predicted molar refractivity (Wildman–Crippen MR) is 122 cm³/mol. The summed E-state index contributed by atoms with van der Waals surface area (Å²) < 4.78 is 6.69. The minimum absolute atomic E-state index is 0.183. The van der Waals surface area contributed by atoms with Gasteiger partial charge in [0, 0.05) is 17.9 Å². The molecule has 0 bridgehead atoms. The minimum Gasteiger partial charge on any atom is -0.461 e. The van der Waals surface area contributed by atoms with Gasteiger partial charge in [0.1, 0.15) is 12.2 Å². The first kappa shape index (κ1) is 23.2. The molecule has 0 spiro atoms. The van der Waals surface area contributed by atoms with E-state index in [2.05, 4.69) is 0 Å². The largest absolute Gasteiger partial charge is 0.461 e. The first-order chi connectivity index (χ1) is 15.4. The van der Waals surface area contributed by atoms with Crippen molar-refractivity contribution in [3.8, 4) is 17.5 Å². The lowest BCUT2D eigenvalue weighted by atomic mass is 9.85. The summed E-state index contributed by atoms with van der Waals surface area (Å²) in [6.45, 7) is 7.09. The molecule has 1 N–H and O–H groups in total. The van der Waals surface area contributed by atoms with Crippen LogP contribution in [0.5, 0.6) is 0 Å². The quantitative estimate of drug-likeness (QED) is 0.477. The van der Waals surface area contributed by atoms with Gasteiger partial charge in [-0.2, -0.15) is 5.26 Å². The zero-order valence-electron chi connectivity index (χ0n) is 18.8. The Morgan fingerprint density at radius 1 is 1.31 bits per heavy atom. The van der Waals surface area contributed by atoms with Crippen molar-refractivity contribution < 1.29 is 14.6 Å².